The van der Waals surface area contributed by atoms with Gasteiger partial charge in [-0.3, -0.25) is 4.79 Å². The minimum absolute atomic E-state index is 0.148. The second-order valence-corrected chi connectivity index (χ2v) is 3.23. The molecule has 0 bridgehead atoms. The Labute approximate surface area is 94.4 Å². The normalized spacial score (nSPS) is 11.1. The number of rotatable bonds is 3. The Balaban J connectivity index is 2.73. The summed E-state index contributed by atoms with van der Waals surface area (Å²) in [6.07, 6.45) is -4.53. The van der Waals surface area contributed by atoms with Crippen molar-refractivity contribution in [3.05, 3.63) is 24.0 Å². The minimum Gasteiger partial charge on any atom is -0.481 e. The van der Waals surface area contributed by atoms with Crippen LogP contribution in [0.4, 0.5) is 23.2 Å². The number of benzene rings is 1. The van der Waals surface area contributed by atoms with Crippen molar-refractivity contribution in [2.75, 3.05) is 11.9 Å². The lowest BCUT2D eigenvalue weighted by Gasteiger charge is -2.10. The second kappa shape index (κ2) is 5.03. The zero-order valence-electron chi connectivity index (χ0n) is 8.77. The van der Waals surface area contributed by atoms with Crippen LogP contribution in [-0.4, -0.2) is 18.7 Å². The number of amides is 1. The number of anilines is 1. The molecule has 7 heteroatoms. The van der Waals surface area contributed by atoms with Gasteiger partial charge in [0.25, 0.3) is 0 Å². The van der Waals surface area contributed by atoms with Gasteiger partial charge in [0, 0.05) is 18.7 Å². The molecule has 1 N–H and O–H groups in total. The Hall–Kier alpha value is -1.79. The fourth-order valence-electron chi connectivity index (χ4n) is 1.06. The van der Waals surface area contributed by atoms with Crippen LogP contribution >= 0.6 is 0 Å². The fraction of sp³-hybridized carbons (Fsp3) is 0.300. The first kappa shape index (κ1) is 13.3. The van der Waals surface area contributed by atoms with Crippen LogP contribution < -0.4 is 10.1 Å². The number of carbonyl (C=O) groups is 1. The van der Waals surface area contributed by atoms with Crippen LogP contribution in [0.3, 0.4) is 0 Å². The largest absolute Gasteiger partial charge is 0.481 e. The third kappa shape index (κ3) is 4.71. The molecule has 0 aliphatic carbocycles. The van der Waals surface area contributed by atoms with Gasteiger partial charge in [0.1, 0.15) is 0 Å². The molecule has 0 saturated heterocycles. The number of alkyl halides is 3. The maximum Gasteiger partial charge on any atom is 0.422 e. The molecular weight excluding hydrogens is 242 g/mol. The molecule has 0 aliphatic heterocycles. The van der Waals surface area contributed by atoms with E-state index in [4.69, 9.17) is 0 Å². The van der Waals surface area contributed by atoms with Crippen LogP contribution in [0.5, 0.6) is 5.75 Å². The van der Waals surface area contributed by atoms with E-state index < -0.39 is 30.3 Å². The van der Waals surface area contributed by atoms with Gasteiger partial charge in [-0.25, -0.2) is 4.39 Å². The maximum atomic E-state index is 13.2. The summed E-state index contributed by atoms with van der Waals surface area (Å²) in [5, 5.41) is 2.29. The summed E-state index contributed by atoms with van der Waals surface area (Å²) >= 11 is 0. The highest BCUT2D eigenvalue weighted by atomic mass is 19.4. The smallest absolute Gasteiger partial charge is 0.422 e. The minimum atomic E-state index is -4.53. The molecule has 17 heavy (non-hydrogen) atoms. The van der Waals surface area contributed by atoms with Crippen molar-refractivity contribution in [3.8, 4) is 5.75 Å². The number of halogens is 4. The molecule has 1 amide bonds. The first-order chi connectivity index (χ1) is 7.78. The van der Waals surface area contributed by atoms with Crippen LogP contribution in [-0.2, 0) is 4.79 Å². The quantitative estimate of drug-likeness (QED) is 0.839. The first-order valence-corrected chi connectivity index (χ1v) is 4.54. The van der Waals surface area contributed by atoms with E-state index in [-0.39, 0.29) is 5.69 Å². The molecular formula is C10H9F4NO2. The molecule has 0 saturated carbocycles. The Morgan fingerprint density at radius 2 is 2.06 bits per heavy atom. The summed E-state index contributed by atoms with van der Waals surface area (Å²) in [5.41, 5.74) is 0.148. The lowest BCUT2D eigenvalue weighted by Crippen LogP contribution is -2.19. The molecule has 0 heterocycles. The van der Waals surface area contributed by atoms with E-state index in [1.54, 1.807) is 0 Å². The van der Waals surface area contributed by atoms with Gasteiger partial charge in [-0.15, -0.1) is 0 Å². The van der Waals surface area contributed by atoms with Crippen LogP contribution in [0, 0.1) is 5.82 Å². The fourth-order valence-corrected chi connectivity index (χ4v) is 1.06. The Bertz CT molecular complexity index is 417. The predicted molar refractivity (Wildman–Crippen MR) is 52.3 cm³/mol. The van der Waals surface area contributed by atoms with E-state index in [2.05, 4.69) is 10.1 Å². The standard InChI is InChI=1S/C10H9F4NO2/c1-6(16)15-7-2-3-9(8(11)4-7)17-5-10(12,13)14/h2-4H,5H2,1H3,(H,15,16). The van der Waals surface area contributed by atoms with Crippen LogP contribution in [0.15, 0.2) is 18.2 Å². The number of carbonyl (C=O) groups excluding carboxylic acids is 1. The highest BCUT2D eigenvalue weighted by molar-refractivity contribution is 5.88. The molecule has 0 radical (unpaired) electrons. The summed E-state index contributed by atoms with van der Waals surface area (Å²) in [4.78, 5) is 10.7. The topological polar surface area (TPSA) is 38.3 Å². The van der Waals surface area contributed by atoms with Gasteiger partial charge in [-0.05, 0) is 12.1 Å². The Morgan fingerprint density at radius 3 is 2.53 bits per heavy atom. The third-order valence-electron chi connectivity index (χ3n) is 1.64. The van der Waals surface area contributed by atoms with E-state index in [0.717, 1.165) is 12.1 Å². The maximum absolute atomic E-state index is 13.2. The zero-order valence-corrected chi connectivity index (χ0v) is 8.77. The van der Waals surface area contributed by atoms with Gasteiger partial charge in [0.2, 0.25) is 5.91 Å². The van der Waals surface area contributed by atoms with Crippen molar-refractivity contribution in [2.45, 2.75) is 13.1 Å². The summed E-state index contributed by atoms with van der Waals surface area (Å²) in [6.45, 7) is -0.338. The molecule has 0 fully saturated rings. The van der Waals surface area contributed by atoms with Gasteiger partial charge in [-0.2, -0.15) is 13.2 Å². The van der Waals surface area contributed by atoms with Gasteiger partial charge >= 0.3 is 6.18 Å². The molecule has 94 valence electrons. The average molecular weight is 251 g/mol. The van der Waals surface area contributed by atoms with E-state index in [9.17, 15) is 22.4 Å². The molecule has 0 aromatic heterocycles. The van der Waals surface area contributed by atoms with Crippen LogP contribution in [0.2, 0.25) is 0 Å². The van der Waals surface area contributed by atoms with Crippen molar-refractivity contribution in [1.29, 1.82) is 0 Å². The molecule has 1 rings (SSSR count). The summed E-state index contributed by atoms with van der Waals surface area (Å²) in [7, 11) is 0. The van der Waals surface area contributed by atoms with Gasteiger partial charge in [0.15, 0.2) is 18.2 Å². The molecule has 0 aliphatic rings. The molecule has 0 spiro atoms. The van der Waals surface area contributed by atoms with Crippen molar-refractivity contribution in [2.24, 2.45) is 0 Å². The number of nitrogens with one attached hydrogen (secondary N) is 1. The van der Waals surface area contributed by atoms with Crippen LogP contribution in [0.1, 0.15) is 6.92 Å². The first-order valence-electron chi connectivity index (χ1n) is 4.54. The van der Waals surface area contributed by atoms with Crippen molar-refractivity contribution in [3.63, 3.8) is 0 Å². The van der Waals surface area contributed by atoms with E-state index in [0.29, 0.717) is 0 Å². The summed E-state index contributed by atoms with van der Waals surface area (Å²) < 4.78 is 52.9. The Morgan fingerprint density at radius 1 is 1.41 bits per heavy atom. The zero-order chi connectivity index (χ0) is 13.1. The third-order valence-corrected chi connectivity index (χ3v) is 1.64. The van der Waals surface area contributed by atoms with Gasteiger partial charge in [-0.1, -0.05) is 0 Å². The highest BCUT2D eigenvalue weighted by Gasteiger charge is 2.28. The van der Waals surface area contributed by atoms with E-state index >= 15 is 0 Å². The van der Waals surface area contributed by atoms with Crippen molar-refractivity contribution >= 4 is 11.6 Å². The number of ether oxygens (including phenoxy) is 1. The monoisotopic (exact) mass is 251 g/mol. The average Bonchev–Trinajstić information content (AvgIpc) is 2.13. The lowest BCUT2D eigenvalue weighted by atomic mass is 10.3. The molecule has 3 nitrogen and oxygen atoms in total. The van der Waals surface area contributed by atoms with Gasteiger partial charge < -0.3 is 10.1 Å². The van der Waals surface area contributed by atoms with Crippen molar-refractivity contribution < 1.29 is 27.1 Å². The van der Waals surface area contributed by atoms with Gasteiger partial charge in [0.05, 0.1) is 0 Å². The molecule has 1 aromatic carbocycles. The molecule has 0 unspecified atom stereocenters. The predicted octanol–water partition coefficient (Wildman–Crippen LogP) is 2.73. The van der Waals surface area contributed by atoms with Crippen molar-refractivity contribution in [1.82, 2.24) is 0 Å². The highest BCUT2D eigenvalue weighted by Crippen LogP contribution is 2.23. The summed E-state index contributed by atoms with van der Waals surface area (Å²) in [5.74, 6) is -1.90. The Kier molecular flexibility index (Phi) is 3.93. The molecule has 1 aromatic rings. The van der Waals surface area contributed by atoms with Crippen LogP contribution in [0.25, 0.3) is 0 Å². The summed E-state index contributed by atoms with van der Waals surface area (Å²) in [6, 6.07) is 3.15. The van der Waals surface area contributed by atoms with E-state index in [1.807, 2.05) is 0 Å². The SMILES string of the molecule is CC(=O)Nc1ccc(OCC(F)(F)F)c(F)c1. The molecule has 0 atom stereocenters. The number of hydrogen-bond acceptors (Lipinski definition) is 2. The second-order valence-electron chi connectivity index (χ2n) is 3.23. The lowest BCUT2D eigenvalue weighted by molar-refractivity contribution is -0.153. The van der Waals surface area contributed by atoms with E-state index in [1.165, 1.54) is 13.0 Å². The number of hydrogen-bond donors (Lipinski definition) is 1.